The Morgan fingerprint density at radius 2 is 1.70 bits per heavy atom. The number of benzene rings is 2. The number of carbonyl (C=O) groups excluding carboxylic acids is 1. The van der Waals surface area contributed by atoms with Crippen LogP contribution in [0.15, 0.2) is 96.1 Å². The zero-order valence-corrected chi connectivity index (χ0v) is 22.5. The lowest BCUT2D eigenvalue weighted by Crippen LogP contribution is -2.48. The maximum absolute atomic E-state index is 13.6. The van der Waals surface area contributed by atoms with Crippen molar-refractivity contribution in [2.45, 2.75) is 44.3 Å². The molecule has 2 amide bonds. The number of nitrogens with zero attached hydrogens (tertiary/aromatic N) is 4. The summed E-state index contributed by atoms with van der Waals surface area (Å²) >= 11 is 0. The number of rotatable bonds is 7. The number of aromatic nitrogens is 2. The summed E-state index contributed by atoms with van der Waals surface area (Å²) in [6, 6.07) is 27.1. The Balaban J connectivity index is 1.31. The van der Waals surface area contributed by atoms with E-state index in [1.54, 1.807) is 29.9 Å². The van der Waals surface area contributed by atoms with Crippen molar-refractivity contribution in [3.63, 3.8) is 0 Å². The zero-order chi connectivity index (χ0) is 27.9. The van der Waals surface area contributed by atoms with Gasteiger partial charge in [-0.25, -0.2) is 9.78 Å². The lowest BCUT2D eigenvalue weighted by atomic mass is 9.89. The molecule has 0 aliphatic heterocycles. The van der Waals surface area contributed by atoms with E-state index in [2.05, 4.69) is 21.7 Å². The summed E-state index contributed by atoms with van der Waals surface area (Å²) in [6.45, 7) is 0.452. The molecular formula is C32H32N6O2. The van der Waals surface area contributed by atoms with Crippen LogP contribution >= 0.6 is 0 Å². The van der Waals surface area contributed by atoms with Gasteiger partial charge >= 0.3 is 6.03 Å². The molecule has 1 aliphatic carbocycles. The van der Waals surface area contributed by atoms with Crippen LogP contribution in [0.4, 0.5) is 16.3 Å². The number of urea groups is 1. The Labute approximate surface area is 233 Å². The number of nitrogens with one attached hydrogen (secondary N) is 2. The third-order valence-corrected chi connectivity index (χ3v) is 7.38. The second-order valence-corrected chi connectivity index (χ2v) is 10.1. The van der Waals surface area contributed by atoms with Crippen molar-refractivity contribution in [1.82, 2.24) is 14.9 Å². The van der Waals surface area contributed by atoms with Crippen molar-refractivity contribution >= 4 is 17.5 Å². The van der Waals surface area contributed by atoms with Crippen molar-refractivity contribution in [1.29, 1.82) is 5.26 Å². The molecule has 0 saturated heterocycles. The van der Waals surface area contributed by atoms with E-state index >= 15 is 0 Å². The molecule has 5 rings (SSSR count). The van der Waals surface area contributed by atoms with Crippen molar-refractivity contribution in [3.8, 4) is 17.2 Å². The maximum atomic E-state index is 13.6. The highest BCUT2D eigenvalue weighted by Gasteiger charge is 2.30. The van der Waals surface area contributed by atoms with E-state index in [1.807, 2.05) is 77.8 Å². The molecule has 2 heterocycles. The summed E-state index contributed by atoms with van der Waals surface area (Å²) in [5, 5.41) is 15.6. The highest BCUT2D eigenvalue weighted by molar-refractivity contribution is 5.93. The molecule has 8 heteroatoms. The van der Waals surface area contributed by atoms with Gasteiger partial charge in [0, 0.05) is 49.8 Å². The van der Waals surface area contributed by atoms with Gasteiger partial charge in [0.05, 0.1) is 5.56 Å². The Kier molecular flexibility index (Phi) is 8.21. The first-order valence-electron chi connectivity index (χ1n) is 13.5. The fourth-order valence-corrected chi connectivity index (χ4v) is 5.16. The number of aryl methyl sites for hydroxylation is 1. The number of anilines is 2. The van der Waals surface area contributed by atoms with E-state index in [9.17, 15) is 9.59 Å². The molecule has 1 aliphatic rings. The predicted molar refractivity (Wildman–Crippen MR) is 157 cm³/mol. The number of nitriles is 1. The largest absolute Gasteiger partial charge is 0.367 e. The van der Waals surface area contributed by atoms with Crippen molar-refractivity contribution in [3.05, 3.63) is 113 Å². The molecule has 202 valence electrons. The first-order chi connectivity index (χ1) is 19.5. The van der Waals surface area contributed by atoms with Crippen LogP contribution in [-0.4, -0.2) is 27.7 Å². The fraction of sp³-hybridized carbons (Fsp3) is 0.250. The van der Waals surface area contributed by atoms with Crippen LogP contribution in [0, 0.1) is 11.3 Å². The SMILES string of the molecule is Cn1cc(-c2ccc(N(C(=O)NCc3ccccc3)[C@H]3CC[C@H](Nc4ccc(C#N)cn4)CC3)cc2)ccc1=O. The minimum absolute atomic E-state index is 0.0474. The summed E-state index contributed by atoms with van der Waals surface area (Å²) in [5.41, 5.74) is 4.28. The molecule has 0 bridgehead atoms. The molecule has 40 heavy (non-hydrogen) atoms. The van der Waals surface area contributed by atoms with Crippen LogP contribution < -0.4 is 21.1 Å². The average molecular weight is 533 g/mol. The summed E-state index contributed by atoms with van der Waals surface area (Å²) in [7, 11) is 1.74. The second kappa shape index (κ2) is 12.3. The van der Waals surface area contributed by atoms with Crippen molar-refractivity contribution in [2.24, 2.45) is 7.05 Å². The van der Waals surface area contributed by atoms with Crippen LogP contribution in [0.5, 0.6) is 0 Å². The van der Waals surface area contributed by atoms with E-state index in [-0.39, 0.29) is 23.7 Å². The van der Waals surface area contributed by atoms with Crippen molar-refractivity contribution in [2.75, 3.05) is 10.2 Å². The minimum Gasteiger partial charge on any atom is -0.367 e. The molecule has 0 spiro atoms. The highest BCUT2D eigenvalue weighted by atomic mass is 16.2. The van der Waals surface area contributed by atoms with E-state index in [4.69, 9.17) is 5.26 Å². The van der Waals surface area contributed by atoms with Gasteiger partial charge in [-0.1, -0.05) is 42.5 Å². The van der Waals surface area contributed by atoms with E-state index in [0.717, 1.165) is 53.9 Å². The second-order valence-electron chi connectivity index (χ2n) is 10.1. The molecule has 8 nitrogen and oxygen atoms in total. The van der Waals surface area contributed by atoms with Crippen LogP contribution in [0.3, 0.4) is 0 Å². The molecule has 2 aromatic heterocycles. The molecule has 1 saturated carbocycles. The first-order valence-corrected chi connectivity index (χ1v) is 13.5. The van der Waals surface area contributed by atoms with Gasteiger partial charge in [0.25, 0.3) is 0 Å². The summed E-state index contributed by atoms with van der Waals surface area (Å²) in [5.74, 6) is 0.758. The van der Waals surface area contributed by atoms with E-state index in [0.29, 0.717) is 12.1 Å². The van der Waals surface area contributed by atoms with Gasteiger partial charge in [-0.15, -0.1) is 0 Å². The quantitative estimate of drug-likeness (QED) is 0.329. The monoisotopic (exact) mass is 532 g/mol. The molecule has 1 fully saturated rings. The predicted octanol–water partition coefficient (Wildman–Crippen LogP) is 5.46. The Bertz CT molecular complexity index is 1530. The lowest BCUT2D eigenvalue weighted by Gasteiger charge is -2.37. The standard InChI is InChI=1S/C32H32N6O2/c1-37-22-26(10-18-31(37)39)25-8-13-28(14-9-25)38(32(40)35-20-23-5-3-2-4-6-23)29-15-11-27(12-16-29)36-30-17-7-24(19-33)21-34-30/h2-10,13-14,17-18,21-22,27,29H,11-12,15-16,20H2,1H3,(H,34,36)(H,35,40)/t27-,29-. The van der Waals surface area contributed by atoms with Crippen LogP contribution in [0.1, 0.15) is 36.8 Å². The minimum atomic E-state index is -0.121. The fourth-order valence-electron chi connectivity index (χ4n) is 5.16. The Morgan fingerprint density at radius 3 is 2.35 bits per heavy atom. The van der Waals surface area contributed by atoms with Crippen LogP contribution in [0.2, 0.25) is 0 Å². The van der Waals surface area contributed by atoms with E-state index in [1.165, 1.54) is 0 Å². The highest BCUT2D eigenvalue weighted by Crippen LogP contribution is 2.31. The maximum Gasteiger partial charge on any atom is 0.322 e. The normalized spacial score (nSPS) is 16.5. The summed E-state index contributed by atoms with van der Waals surface area (Å²) in [6.07, 6.45) is 6.87. The topological polar surface area (TPSA) is 103 Å². The van der Waals surface area contributed by atoms with Gasteiger partial charge in [0.1, 0.15) is 11.9 Å². The molecule has 0 atom stereocenters. The molecule has 2 aromatic carbocycles. The number of amides is 2. The van der Waals surface area contributed by atoms with Gasteiger partial charge in [-0.05, 0) is 72.7 Å². The number of carbonyl (C=O) groups is 1. The van der Waals surface area contributed by atoms with Gasteiger partial charge in [-0.3, -0.25) is 9.69 Å². The van der Waals surface area contributed by atoms with Gasteiger partial charge in [-0.2, -0.15) is 5.26 Å². The molecular weight excluding hydrogens is 500 g/mol. The molecule has 0 unspecified atom stereocenters. The van der Waals surface area contributed by atoms with Gasteiger partial charge in [0.2, 0.25) is 5.56 Å². The third kappa shape index (κ3) is 6.38. The van der Waals surface area contributed by atoms with Crippen molar-refractivity contribution < 1.29 is 4.79 Å². The van der Waals surface area contributed by atoms with Gasteiger partial charge < -0.3 is 15.2 Å². The van der Waals surface area contributed by atoms with Crippen LogP contribution in [0.25, 0.3) is 11.1 Å². The zero-order valence-electron chi connectivity index (χ0n) is 22.5. The smallest absolute Gasteiger partial charge is 0.322 e. The number of hydrogen-bond acceptors (Lipinski definition) is 5. The number of pyridine rings is 2. The Morgan fingerprint density at radius 1 is 0.975 bits per heavy atom. The molecule has 0 radical (unpaired) electrons. The molecule has 2 N–H and O–H groups in total. The van der Waals surface area contributed by atoms with Gasteiger partial charge in [0.15, 0.2) is 0 Å². The van der Waals surface area contributed by atoms with Crippen LogP contribution in [-0.2, 0) is 13.6 Å². The summed E-state index contributed by atoms with van der Waals surface area (Å²) in [4.78, 5) is 31.7. The average Bonchev–Trinajstić information content (AvgIpc) is 3.00. The summed E-state index contributed by atoms with van der Waals surface area (Å²) < 4.78 is 1.56. The van der Waals surface area contributed by atoms with E-state index < -0.39 is 0 Å². The molecule has 4 aromatic rings. The lowest BCUT2D eigenvalue weighted by molar-refractivity contribution is 0.240. The first kappa shape index (κ1) is 26.7. The number of hydrogen-bond donors (Lipinski definition) is 2. The Hall–Kier alpha value is -4.90. The third-order valence-electron chi connectivity index (χ3n) is 7.38.